The largest absolute Gasteiger partial charge is 0.339 e. The summed E-state index contributed by atoms with van der Waals surface area (Å²) in [6, 6.07) is 10.2. The lowest BCUT2D eigenvalue weighted by molar-refractivity contribution is -0.103. The molecule has 1 aromatic rings. The third kappa shape index (κ3) is 2.21. The number of hydrogen-bond acceptors (Lipinski definition) is 2. The normalized spacial score (nSPS) is 35.3. The van der Waals surface area contributed by atoms with Crippen LogP contribution >= 0.6 is 0 Å². The molecule has 106 valence electrons. The van der Waals surface area contributed by atoms with Gasteiger partial charge in [-0.2, -0.15) is 0 Å². The topological polar surface area (TPSA) is 18.5 Å². The standard InChI is InChI=1S/C17H26O2/c1-12(2)16(5)17(6,13(3)4)19-15(18-16)14-10-8-7-9-11-14/h7-13,15H,1-6H3/t15?,16-,17+. The number of rotatable bonds is 3. The maximum atomic E-state index is 6.35. The fraction of sp³-hybridized carbons (Fsp3) is 0.647. The van der Waals surface area contributed by atoms with Crippen molar-refractivity contribution >= 4 is 0 Å². The summed E-state index contributed by atoms with van der Waals surface area (Å²) in [5.41, 5.74) is 0.544. The highest BCUT2D eigenvalue weighted by molar-refractivity contribution is 5.19. The van der Waals surface area contributed by atoms with Gasteiger partial charge in [0.1, 0.15) is 11.2 Å². The van der Waals surface area contributed by atoms with Gasteiger partial charge in [-0.1, -0.05) is 58.0 Å². The van der Waals surface area contributed by atoms with E-state index in [4.69, 9.17) is 9.47 Å². The maximum Gasteiger partial charge on any atom is 0.185 e. The fourth-order valence-corrected chi connectivity index (χ4v) is 2.87. The summed E-state index contributed by atoms with van der Waals surface area (Å²) in [4.78, 5) is 0. The Morgan fingerprint density at radius 2 is 1.26 bits per heavy atom. The molecule has 1 saturated heterocycles. The molecule has 2 nitrogen and oxygen atoms in total. The van der Waals surface area contributed by atoms with Crippen LogP contribution in [0.2, 0.25) is 0 Å². The van der Waals surface area contributed by atoms with Gasteiger partial charge in [0.15, 0.2) is 6.29 Å². The Morgan fingerprint density at radius 3 is 1.63 bits per heavy atom. The van der Waals surface area contributed by atoms with Crippen LogP contribution in [0, 0.1) is 11.8 Å². The van der Waals surface area contributed by atoms with Crippen molar-refractivity contribution in [3.63, 3.8) is 0 Å². The van der Waals surface area contributed by atoms with Crippen molar-refractivity contribution in [2.75, 3.05) is 0 Å². The van der Waals surface area contributed by atoms with Crippen LogP contribution in [0.1, 0.15) is 53.4 Å². The van der Waals surface area contributed by atoms with E-state index in [0.717, 1.165) is 5.56 Å². The molecule has 1 aliphatic rings. The first-order chi connectivity index (χ1) is 8.81. The van der Waals surface area contributed by atoms with E-state index in [1.165, 1.54) is 0 Å². The van der Waals surface area contributed by atoms with Crippen molar-refractivity contribution in [1.82, 2.24) is 0 Å². The lowest BCUT2D eigenvalue weighted by Crippen LogP contribution is -2.54. The SMILES string of the molecule is CC(C)[C@]1(C)OC(c2ccccc2)O[C@]1(C)C(C)C. The van der Waals surface area contributed by atoms with Gasteiger partial charge in [0.2, 0.25) is 0 Å². The molecule has 1 aromatic carbocycles. The first kappa shape index (κ1) is 14.5. The Labute approximate surface area is 117 Å². The van der Waals surface area contributed by atoms with Crippen molar-refractivity contribution in [1.29, 1.82) is 0 Å². The van der Waals surface area contributed by atoms with Crippen LogP contribution in [0.15, 0.2) is 30.3 Å². The predicted octanol–water partition coefficient (Wildman–Crippen LogP) is 4.56. The van der Waals surface area contributed by atoms with Crippen LogP contribution in [0.4, 0.5) is 0 Å². The molecule has 0 bridgehead atoms. The zero-order chi connectivity index (χ0) is 14.3. The fourth-order valence-electron chi connectivity index (χ4n) is 2.87. The average molecular weight is 262 g/mol. The van der Waals surface area contributed by atoms with Crippen molar-refractivity contribution in [2.24, 2.45) is 11.8 Å². The van der Waals surface area contributed by atoms with E-state index < -0.39 is 0 Å². The Bertz CT molecular complexity index is 404. The second kappa shape index (κ2) is 4.92. The summed E-state index contributed by atoms with van der Waals surface area (Å²) in [7, 11) is 0. The van der Waals surface area contributed by atoms with Crippen molar-refractivity contribution in [2.45, 2.75) is 59.0 Å². The lowest BCUT2D eigenvalue weighted by atomic mass is 9.72. The molecule has 0 radical (unpaired) electrons. The van der Waals surface area contributed by atoms with E-state index in [-0.39, 0.29) is 17.5 Å². The Kier molecular flexibility index (Phi) is 3.76. The summed E-state index contributed by atoms with van der Waals surface area (Å²) >= 11 is 0. The van der Waals surface area contributed by atoms with Gasteiger partial charge in [0.25, 0.3) is 0 Å². The van der Waals surface area contributed by atoms with Crippen LogP contribution < -0.4 is 0 Å². The molecule has 1 aliphatic heterocycles. The van der Waals surface area contributed by atoms with E-state index >= 15 is 0 Å². The van der Waals surface area contributed by atoms with E-state index in [2.05, 4.69) is 53.7 Å². The summed E-state index contributed by atoms with van der Waals surface area (Å²) < 4.78 is 12.7. The van der Waals surface area contributed by atoms with Crippen LogP contribution in [-0.2, 0) is 9.47 Å². The molecule has 0 amide bonds. The molecule has 1 fully saturated rings. The average Bonchev–Trinajstić information content (AvgIpc) is 2.66. The first-order valence-corrected chi connectivity index (χ1v) is 7.22. The molecule has 1 unspecified atom stereocenters. The van der Waals surface area contributed by atoms with Crippen LogP contribution in [0.25, 0.3) is 0 Å². The molecule has 0 spiro atoms. The molecule has 0 N–H and O–H groups in total. The first-order valence-electron chi connectivity index (χ1n) is 7.22. The molecular weight excluding hydrogens is 236 g/mol. The zero-order valence-corrected chi connectivity index (χ0v) is 12.9. The van der Waals surface area contributed by atoms with Gasteiger partial charge >= 0.3 is 0 Å². The van der Waals surface area contributed by atoms with Gasteiger partial charge in [-0.3, -0.25) is 0 Å². The highest BCUT2D eigenvalue weighted by Gasteiger charge is 2.58. The lowest BCUT2D eigenvalue weighted by Gasteiger charge is -2.43. The molecule has 0 aliphatic carbocycles. The van der Waals surface area contributed by atoms with E-state index in [0.29, 0.717) is 11.8 Å². The van der Waals surface area contributed by atoms with Gasteiger partial charge in [0.05, 0.1) is 0 Å². The second-order valence-corrected chi connectivity index (χ2v) is 6.50. The summed E-state index contributed by atoms with van der Waals surface area (Å²) in [5.74, 6) is 0.794. The predicted molar refractivity (Wildman–Crippen MR) is 77.8 cm³/mol. The van der Waals surface area contributed by atoms with E-state index in [1.807, 2.05) is 18.2 Å². The molecular formula is C17H26O2. The third-order valence-corrected chi connectivity index (χ3v) is 4.96. The Morgan fingerprint density at radius 1 is 0.842 bits per heavy atom. The number of hydrogen-bond donors (Lipinski definition) is 0. The van der Waals surface area contributed by atoms with E-state index in [9.17, 15) is 0 Å². The Hall–Kier alpha value is -0.860. The van der Waals surface area contributed by atoms with Gasteiger partial charge < -0.3 is 9.47 Å². The molecule has 0 saturated carbocycles. The molecule has 1 heterocycles. The van der Waals surface area contributed by atoms with E-state index in [1.54, 1.807) is 0 Å². The number of benzene rings is 1. The van der Waals surface area contributed by atoms with Crippen molar-refractivity contribution in [3.8, 4) is 0 Å². The molecule has 2 rings (SSSR count). The molecule has 0 aromatic heterocycles. The Balaban J connectivity index is 2.36. The molecule has 3 atom stereocenters. The minimum atomic E-state index is -0.276. The minimum absolute atomic E-state index is 0.263. The number of ether oxygens (including phenoxy) is 2. The van der Waals surface area contributed by atoms with Crippen molar-refractivity contribution < 1.29 is 9.47 Å². The van der Waals surface area contributed by atoms with Gasteiger partial charge in [0, 0.05) is 5.56 Å². The van der Waals surface area contributed by atoms with Gasteiger partial charge in [-0.05, 0) is 25.7 Å². The summed E-state index contributed by atoms with van der Waals surface area (Å²) in [6.45, 7) is 13.2. The molecule has 2 heteroatoms. The van der Waals surface area contributed by atoms with Crippen molar-refractivity contribution in [3.05, 3.63) is 35.9 Å². The maximum absolute atomic E-state index is 6.35. The van der Waals surface area contributed by atoms with Gasteiger partial charge in [-0.15, -0.1) is 0 Å². The van der Waals surface area contributed by atoms with Crippen LogP contribution in [0.5, 0.6) is 0 Å². The smallest absolute Gasteiger partial charge is 0.185 e. The summed E-state index contributed by atoms with van der Waals surface area (Å²) in [5, 5.41) is 0. The third-order valence-electron chi connectivity index (χ3n) is 4.96. The van der Waals surface area contributed by atoms with Crippen LogP contribution in [0.3, 0.4) is 0 Å². The minimum Gasteiger partial charge on any atom is -0.339 e. The highest BCUT2D eigenvalue weighted by Crippen LogP contribution is 2.52. The monoisotopic (exact) mass is 262 g/mol. The quantitative estimate of drug-likeness (QED) is 0.795. The molecule has 19 heavy (non-hydrogen) atoms. The second-order valence-electron chi connectivity index (χ2n) is 6.50. The zero-order valence-electron chi connectivity index (χ0n) is 12.9. The summed E-state index contributed by atoms with van der Waals surface area (Å²) in [6.07, 6.45) is -0.263. The highest BCUT2D eigenvalue weighted by atomic mass is 16.7. The van der Waals surface area contributed by atoms with Gasteiger partial charge in [-0.25, -0.2) is 0 Å². The van der Waals surface area contributed by atoms with Crippen LogP contribution in [-0.4, -0.2) is 11.2 Å².